The number of ether oxygens (including phenoxy) is 2. The Labute approximate surface area is 137 Å². The van der Waals surface area contributed by atoms with Gasteiger partial charge in [-0.1, -0.05) is 0 Å². The summed E-state index contributed by atoms with van der Waals surface area (Å²) >= 11 is 0. The lowest BCUT2D eigenvalue weighted by Crippen LogP contribution is -2.56. The Morgan fingerprint density at radius 1 is 1.18 bits per heavy atom. The number of methoxy groups -OCH3 is 1. The van der Waals surface area contributed by atoms with Gasteiger partial charge in [-0.05, 0) is 18.8 Å². The predicted octanol–water partition coefficient (Wildman–Crippen LogP) is -0.521. The Balaban J connectivity index is 0.00000242. The summed E-state index contributed by atoms with van der Waals surface area (Å²) in [6.45, 7) is 3.66. The first-order valence-electron chi connectivity index (χ1n) is 7.52. The average molecular weight is 336 g/mol. The number of carbonyl (C=O) groups excluding carboxylic acids is 2. The topological polar surface area (TPSA) is 85.1 Å². The monoisotopic (exact) mass is 335 g/mol. The third-order valence-electron chi connectivity index (χ3n) is 4.27. The Hall–Kier alpha value is -0.890. The number of hydrogen-bond acceptors (Lipinski definition) is 5. The van der Waals surface area contributed by atoms with E-state index >= 15 is 0 Å². The van der Waals surface area contributed by atoms with E-state index in [0.29, 0.717) is 39.4 Å². The van der Waals surface area contributed by atoms with Gasteiger partial charge in [-0.3, -0.25) is 9.59 Å². The van der Waals surface area contributed by atoms with Gasteiger partial charge in [-0.2, -0.15) is 0 Å². The summed E-state index contributed by atoms with van der Waals surface area (Å²) in [4.78, 5) is 27.7. The minimum Gasteiger partial charge on any atom is -0.381 e. The summed E-state index contributed by atoms with van der Waals surface area (Å²) in [5.41, 5.74) is 6.12. The van der Waals surface area contributed by atoms with Crippen molar-refractivity contribution >= 4 is 24.2 Å². The molecule has 0 aromatic carbocycles. The fraction of sp³-hybridized carbons (Fsp3) is 0.857. The van der Waals surface area contributed by atoms with Crippen molar-refractivity contribution in [1.82, 2.24) is 9.80 Å². The smallest absolute Gasteiger partial charge is 0.248 e. The van der Waals surface area contributed by atoms with Crippen LogP contribution in [-0.4, -0.2) is 80.8 Å². The van der Waals surface area contributed by atoms with Gasteiger partial charge in [-0.25, -0.2) is 0 Å². The molecule has 2 amide bonds. The van der Waals surface area contributed by atoms with E-state index in [-0.39, 0.29) is 36.7 Å². The van der Waals surface area contributed by atoms with Crippen LogP contribution in [0.15, 0.2) is 0 Å². The summed E-state index contributed by atoms with van der Waals surface area (Å²) in [5, 5.41) is 0. The molecule has 0 aromatic rings. The third-order valence-corrected chi connectivity index (χ3v) is 4.27. The first kappa shape index (κ1) is 19.2. The predicted molar refractivity (Wildman–Crippen MR) is 83.8 cm³/mol. The molecule has 2 aliphatic rings. The second-order valence-corrected chi connectivity index (χ2v) is 5.61. The molecule has 0 radical (unpaired) electrons. The lowest BCUT2D eigenvalue weighted by atomic mass is 9.91. The van der Waals surface area contributed by atoms with Crippen LogP contribution in [0.5, 0.6) is 0 Å². The molecule has 2 aliphatic heterocycles. The number of nitrogens with zero attached hydrogens (tertiary/aromatic N) is 2. The summed E-state index contributed by atoms with van der Waals surface area (Å²) < 4.78 is 10.1. The number of hydrogen-bond donors (Lipinski definition) is 1. The van der Waals surface area contributed by atoms with Crippen LogP contribution >= 0.6 is 12.4 Å². The van der Waals surface area contributed by atoms with Crippen LogP contribution in [0.1, 0.15) is 12.8 Å². The van der Waals surface area contributed by atoms with Crippen LogP contribution in [0, 0.1) is 5.92 Å². The van der Waals surface area contributed by atoms with Crippen molar-refractivity contribution in [2.45, 2.75) is 18.9 Å². The zero-order chi connectivity index (χ0) is 15.2. The fourth-order valence-corrected chi connectivity index (χ4v) is 2.88. The number of rotatable bonds is 4. The number of halogens is 1. The molecule has 0 aliphatic carbocycles. The molecule has 2 fully saturated rings. The van der Waals surface area contributed by atoms with E-state index in [0.717, 1.165) is 12.8 Å². The molecule has 1 atom stereocenters. The second kappa shape index (κ2) is 9.29. The molecule has 8 heteroatoms. The molecule has 0 spiro atoms. The highest BCUT2D eigenvalue weighted by molar-refractivity contribution is 5.85. The minimum absolute atomic E-state index is 0. The highest BCUT2D eigenvalue weighted by Crippen LogP contribution is 2.19. The number of amides is 2. The van der Waals surface area contributed by atoms with Crippen molar-refractivity contribution in [1.29, 1.82) is 0 Å². The zero-order valence-electron chi connectivity index (χ0n) is 13.0. The van der Waals surface area contributed by atoms with Gasteiger partial charge in [0, 0.05) is 46.5 Å². The standard InChI is InChI=1S/C14H25N3O4.ClH/c1-20-10-12(18)16-4-6-17(7-5-16)14(19)13(15)11-2-8-21-9-3-11;/h11,13H,2-10,15H2,1H3;1H. The molecular weight excluding hydrogens is 310 g/mol. The van der Waals surface area contributed by atoms with Gasteiger partial charge in [0.15, 0.2) is 0 Å². The van der Waals surface area contributed by atoms with E-state index in [1.807, 2.05) is 0 Å². The first-order valence-corrected chi connectivity index (χ1v) is 7.52. The molecule has 2 saturated heterocycles. The summed E-state index contributed by atoms with van der Waals surface area (Å²) in [6, 6.07) is -0.449. The van der Waals surface area contributed by atoms with Crippen LogP contribution in [-0.2, 0) is 19.1 Å². The fourth-order valence-electron chi connectivity index (χ4n) is 2.88. The molecule has 2 heterocycles. The van der Waals surface area contributed by atoms with E-state index in [1.54, 1.807) is 9.80 Å². The Bertz CT molecular complexity index is 369. The largest absolute Gasteiger partial charge is 0.381 e. The van der Waals surface area contributed by atoms with Crippen molar-refractivity contribution in [2.75, 3.05) is 53.1 Å². The van der Waals surface area contributed by atoms with Crippen LogP contribution in [0.3, 0.4) is 0 Å². The first-order chi connectivity index (χ1) is 10.1. The summed E-state index contributed by atoms with van der Waals surface area (Å²) in [7, 11) is 1.50. The molecule has 2 N–H and O–H groups in total. The van der Waals surface area contributed by atoms with Crippen LogP contribution < -0.4 is 5.73 Å². The van der Waals surface area contributed by atoms with Crippen molar-refractivity contribution in [3.05, 3.63) is 0 Å². The van der Waals surface area contributed by atoms with Crippen molar-refractivity contribution in [3.8, 4) is 0 Å². The number of piperazine rings is 1. The molecule has 2 rings (SSSR count). The number of nitrogens with two attached hydrogens (primary N) is 1. The van der Waals surface area contributed by atoms with Gasteiger partial charge in [-0.15, -0.1) is 12.4 Å². The molecule has 0 bridgehead atoms. The summed E-state index contributed by atoms with van der Waals surface area (Å²) in [6.07, 6.45) is 1.69. The SMILES string of the molecule is COCC(=O)N1CCN(C(=O)C(N)C2CCOCC2)CC1.Cl. The average Bonchev–Trinajstić information content (AvgIpc) is 2.54. The minimum atomic E-state index is -0.449. The highest BCUT2D eigenvalue weighted by Gasteiger charge is 2.32. The molecule has 0 aromatic heterocycles. The molecular formula is C14H26ClN3O4. The normalized spacial score (nSPS) is 21.2. The van der Waals surface area contributed by atoms with Crippen molar-refractivity contribution in [3.63, 3.8) is 0 Å². The molecule has 1 unspecified atom stereocenters. The molecule has 22 heavy (non-hydrogen) atoms. The van der Waals surface area contributed by atoms with E-state index in [9.17, 15) is 9.59 Å². The van der Waals surface area contributed by atoms with Crippen molar-refractivity contribution in [2.24, 2.45) is 11.7 Å². The van der Waals surface area contributed by atoms with Crippen LogP contribution in [0.2, 0.25) is 0 Å². The summed E-state index contributed by atoms with van der Waals surface area (Å²) in [5.74, 6) is 0.179. The maximum absolute atomic E-state index is 12.4. The van der Waals surface area contributed by atoms with Gasteiger partial charge in [0.1, 0.15) is 6.61 Å². The third kappa shape index (κ3) is 4.81. The van der Waals surface area contributed by atoms with E-state index in [4.69, 9.17) is 15.2 Å². The van der Waals surface area contributed by atoms with Crippen molar-refractivity contribution < 1.29 is 19.1 Å². The maximum Gasteiger partial charge on any atom is 0.248 e. The highest BCUT2D eigenvalue weighted by atomic mass is 35.5. The molecule has 7 nitrogen and oxygen atoms in total. The lowest BCUT2D eigenvalue weighted by Gasteiger charge is -2.37. The molecule has 128 valence electrons. The van der Waals surface area contributed by atoms with E-state index in [2.05, 4.69) is 0 Å². The number of carbonyl (C=O) groups is 2. The van der Waals surface area contributed by atoms with Crippen LogP contribution in [0.4, 0.5) is 0 Å². The van der Waals surface area contributed by atoms with Gasteiger partial charge < -0.3 is 25.0 Å². The Morgan fingerprint density at radius 2 is 1.73 bits per heavy atom. The Morgan fingerprint density at radius 3 is 2.27 bits per heavy atom. The second-order valence-electron chi connectivity index (χ2n) is 5.61. The van der Waals surface area contributed by atoms with Gasteiger partial charge in [0.05, 0.1) is 6.04 Å². The van der Waals surface area contributed by atoms with E-state index < -0.39 is 6.04 Å². The van der Waals surface area contributed by atoms with E-state index in [1.165, 1.54) is 7.11 Å². The quantitative estimate of drug-likeness (QED) is 0.747. The van der Waals surface area contributed by atoms with Gasteiger partial charge in [0.2, 0.25) is 11.8 Å². The zero-order valence-corrected chi connectivity index (χ0v) is 13.8. The lowest BCUT2D eigenvalue weighted by molar-refractivity contribution is -0.143. The van der Waals surface area contributed by atoms with Gasteiger partial charge in [0.25, 0.3) is 0 Å². The van der Waals surface area contributed by atoms with Crippen LogP contribution in [0.25, 0.3) is 0 Å². The Kier molecular flexibility index (Phi) is 8.09. The van der Waals surface area contributed by atoms with Gasteiger partial charge >= 0.3 is 0 Å². The maximum atomic E-state index is 12.4. The molecule has 0 saturated carbocycles.